The van der Waals surface area contributed by atoms with Gasteiger partial charge in [0.05, 0.1) is 11.1 Å². The summed E-state index contributed by atoms with van der Waals surface area (Å²) in [5.41, 5.74) is 2.43. The number of nitro groups is 1. The van der Waals surface area contributed by atoms with E-state index in [1.165, 1.54) is 36.5 Å². The molecule has 0 aromatic heterocycles. The summed E-state index contributed by atoms with van der Waals surface area (Å²) in [6.07, 6.45) is 1.25. The van der Waals surface area contributed by atoms with Crippen molar-refractivity contribution in [1.29, 1.82) is 0 Å². The van der Waals surface area contributed by atoms with Crippen molar-refractivity contribution in [1.82, 2.24) is 5.43 Å². The Morgan fingerprint density at radius 1 is 1.12 bits per heavy atom. The SMILES string of the molecule is O=C(N/N=C/c1cccc(O)c1)C(=O)Nc1cccc([N+](=O)[O-])c1. The van der Waals surface area contributed by atoms with Crippen LogP contribution in [-0.4, -0.2) is 28.1 Å². The summed E-state index contributed by atoms with van der Waals surface area (Å²) < 4.78 is 0. The van der Waals surface area contributed by atoms with Crippen molar-refractivity contribution in [2.24, 2.45) is 5.10 Å². The van der Waals surface area contributed by atoms with Gasteiger partial charge < -0.3 is 10.4 Å². The van der Waals surface area contributed by atoms with Crippen LogP contribution in [0.15, 0.2) is 53.6 Å². The Balaban J connectivity index is 1.94. The van der Waals surface area contributed by atoms with Gasteiger partial charge in [-0.05, 0) is 23.8 Å². The van der Waals surface area contributed by atoms with Crippen molar-refractivity contribution in [2.75, 3.05) is 5.32 Å². The molecule has 0 bridgehead atoms. The maximum absolute atomic E-state index is 11.7. The average Bonchev–Trinajstić information content (AvgIpc) is 2.55. The lowest BCUT2D eigenvalue weighted by Crippen LogP contribution is -2.32. The number of phenolic OH excluding ortho intramolecular Hbond substituents is 1. The Kier molecular flexibility index (Phi) is 5.19. The Hall–Kier alpha value is -3.75. The minimum absolute atomic E-state index is 0.0358. The molecule has 0 radical (unpaired) electrons. The molecule has 2 rings (SSSR count). The third-order valence-electron chi connectivity index (χ3n) is 2.77. The van der Waals surface area contributed by atoms with Crippen molar-refractivity contribution in [3.05, 3.63) is 64.2 Å². The number of amides is 2. The second-order valence-electron chi connectivity index (χ2n) is 4.56. The summed E-state index contributed by atoms with van der Waals surface area (Å²) in [6, 6.07) is 11.3. The maximum atomic E-state index is 11.7. The highest BCUT2D eigenvalue weighted by molar-refractivity contribution is 6.39. The largest absolute Gasteiger partial charge is 0.508 e. The fourth-order valence-electron chi connectivity index (χ4n) is 1.71. The molecule has 0 spiro atoms. The number of carbonyl (C=O) groups excluding carboxylic acids is 2. The van der Waals surface area contributed by atoms with Crippen LogP contribution in [0.4, 0.5) is 11.4 Å². The van der Waals surface area contributed by atoms with Gasteiger partial charge in [-0.3, -0.25) is 19.7 Å². The minimum atomic E-state index is -1.04. The maximum Gasteiger partial charge on any atom is 0.329 e. The van der Waals surface area contributed by atoms with Gasteiger partial charge in [0, 0.05) is 17.8 Å². The van der Waals surface area contributed by atoms with E-state index >= 15 is 0 Å². The minimum Gasteiger partial charge on any atom is -0.508 e. The molecule has 0 aliphatic rings. The van der Waals surface area contributed by atoms with E-state index in [2.05, 4.69) is 10.4 Å². The molecule has 0 saturated carbocycles. The van der Waals surface area contributed by atoms with Crippen LogP contribution in [0.3, 0.4) is 0 Å². The number of rotatable bonds is 4. The summed E-state index contributed by atoms with van der Waals surface area (Å²) in [5, 5.41) is 25.7. The highest BCUT2D eigenvalue weighted by Crippen LogP contribution is 2.16. The summed E-state index contributed by atoms with van der Waals surface area (Å²) >= 11 is 0. The Bertz CT molecular complexity index is 819. The lowest BCUT2D eigenvalue weighted by atomic mass is 10.2. The molecule has 24 heavy (non-hydrogen) atoms. The topological polar surface area (TPSA) is 134 Å². The molecule has 2 amide bonds. The first-order valence-corrected chi connectivity index (χ1v) is 6.63. The van der Waals surface area contributed by atoms with E-state index in [4.69, 9.17) is 0 Å². The first kappa shape index (κ1) is 16.6. The molecule has 9 heteroatoms. The van der Waals surface area contributed by atoms with Crippen LogP contribution >= 0.6 is 0 Å². The van der Waals surface area contributed by atoms with Gasteiger partial charge in [0.2, 0.25) is 0 Å². The summed E-state index contributed by atoms with van der Waals surface area (Å²) in [7, 11) is 0. The number of nitro benzene ring substituents is 1. The van der Waals surface area contributed by atoms with Crippen LogP contribution in [0.25, 0.3) is 0 Å². The van der Waals surface area contributed by atoms with Gasteiger partial charge in [0.25, 0.3) is 5.69 Å². The van der Waals surface area contributed by atoms with E-state index in [-0.39, 0.29) is 17.1 Å². The fraction of sp³-hybridized carbons (Fsp3) is 0. The van der Waals surface area contributed by atoms with Gasteiger partial charge in [0.15, 0.2) is 0 Å². The van der Waals surface area contributed by atoms with Crippen LogP contribution in [-0.2, 0) is 9.59 Å². The third kappa shape index (κ3) is 4.63. The molecule has 3 N–H and O–H groups in total. The summed E-state index contributed by atoms with van der Waals surface area (Å²) in [6.45, 7) is 0. The Morgan fingerprint density at radius 3 is 2.58 bits per heavy atom. The zero-order valence-corrected chi connectivity index (χ0v) is 12.2. The van der Waals surface area contributed by atoms with E-state index < -0.39 is 16.7 Å². The van der Waals surface area contributed by atoms with Gasteiger partial charge in [-0.25, -0.2) is 5.43 Å². The zero-order chi connectivity index (χ0) is 17.5. The van der Waals surface area contributed by atoms with Crippen molar-refractivity contribution in [3.63, 3.8) is 0 Å². The highest BCUT2D eigenvalue weighted by Gasteiger charge is 2.14. The molecule has 0 saturated heterocycles. The molecular formula is C15H12N4O5. The Labute approximate surface area is 135 Å². The second kappa shape index (κ2) is 7.49. The van der Waals surface area contributed by atoms with Crippen LogP contribution in [0.1, 0.15) is 5.56 Å². The van der Waals surface area contributed by atoms with Crippen molar-refractivity contribution >= 4 is 29.4 Å². The number of nitrogens with one attached hydrogen (secondary N) is 2. The second-order valence-corrected chi connectivity index (χ2v) is 4.56. The molecular weight excluding hydrogens is 316 g/mol. The van der Waals surface area contributed by atoms with Gasteiger partial charge >= 0.3 is 11.8 Å². The van der Waals surface area contributed by atoms with Crippen LogP contribution in [0, 0.1) is 10.1 Å². The quantitative estimate of drug-likeness (QED) is 0.337. The molecule has 122 valence electrons. The molecule has 0 atom stereocenters. The van der Waals surface area contributed by atoms with E-state index in [1.54, 1.807) is 12.1 Å². The zero-order valence-electron chi connectivity index (χ0n) is 12.2. The highest BCUT2D eigenvalue weighted by atomic mass is 16.6. The number of phenols is 1. The van der Waals surface area contributed by atoms with Crippen LogP contribution in [0.2, 0.25) is 0 Å². The molecule has 2 aromatic rings. The lowest BCUT2D eigenvalue weighted by molar-refractivity contribution is -0.384. The number of carbonyl (C=O) groups is 2. The van der Waals surface area contributed by atoms with Crippen LogP contribution in [0.5, 0.6) is 5.75 Å². The van der Waals surface area contributed by atoms with Crippen molar-refractivity contribution in [2.45, 2.75) is 0 Å². The standard InChI is InChI=1S/C15H12N4O5/c20-13-6-1-3-10(7-13)9-16-18-15(22)14(21)17-11-4-2-5-12(8-11)19(23)24/h1-9,20H,(H,17,21)(H,18,22)/b16-9+. The van der Waals surface area contributed by atoms with E-state index in [0.717, 1.165) is 6.07 Å². The number of non-ortho nitro benzene ring substituents is 1. The lowest BCUT2D eigenvalue weighted by Gasteiger charge is -2.03. The third-order valence-corrected chi connectivity index (χ3v) is 2.77. The van der Waals surface area contributed by atoms with E-state index in [1.807, 2.05) is 5.43 Å². The normalized spacial score (nSPS) is 10.3. The molecule has 9 nitrogen and oxygen atoms in total. The molecule has 2 aromatic carbocycles. The van der Waals surface area contributed by atoms with Crippen molar-refractivity contribution < 1.29 is 19.6 Å². The first-order chi connectivity index (χ1) is 11.5. The number of nitrogens with zero attached hydrogens (tertiary/aromatic N) is 2. The van der Waals surface area contributed by atoms with Crippen LogP contribution < -0.4 is 10.7 Å². The monoisotopic (exact) mass is 328 g/mol. The predicted molar refractivity (Wildman–Crippen MR) is 85.6 cm³/mol. The van der Waals surface area contributed by atoms with Gasteiger partial charge in [-0.15, -0.1) is 0 Å². The summed E-state index contributed by atoms with van der Waals surface area (Å²) in [4.78, 5) is 33.3. The van der Waals surface area contributed by atoms with Gasteiger partial charge in [-0.2, -0.15) is 5.10 Å². The molecule has 0 unspecified atom stereocenters. The number of hydrazone groups is 1. The fourth-order valence-corrected chi connectivity index (χ4v) is 1.71. The number of hydrogen-bond donors (Lipinski definition) is 3. The summed E-state index contributed by atoms with van der Waals surface area (Å²) in [5.74, 6) is -2.03. The first-order valence-electron chi connectivity index (χ1n) is 6.63. The van der Waals surface area contributed by atoms with E-state index in [0.29, 0.717) is 5.56 Å². The van der Waals surface area contributed by atoms with Gasteiger partial charge in [0.1, 0.15) is 5.75 Å². The average molecular weight is 328 g/mol. The number of benzene rings is 2. The smallest absolute Gasteiger partial charge is 0.329 e. The predicted octanol–water partition coefficient (Wildman–Crippen LogP) is 1.39. The molecule has 0 fully saturated rings. The number of anilines is 1. The number of hydrogen-bond acceptors (Lipinski definition) is 6. The number of aromatic hydroxyl groups is 1. The molecule has 0 aliphatic carbocycles. The Morgan fingerprint density at radius 2 is 1.88 bits per heavy atom. The van der Waals surface area contributed by atoms with Crippen molar-refractivity contribution in [3.8, 4) is 5.75 Å². The molecule has 0 aliphatic heterocycles. The molecule has 0 heterocycles. The van der Waals surface area contributed by atoms with E-state index in [9.17, 15) is 24.8 Å². The van der Waals surface area contributed by atoms with Gasteiger partial charge in [-0.1, -0.05) is 18.2 Å².